The summed E-state index contributed by atoms with van der Waals surface area (Å²) in [6.45, 7) is 2.07. The van der Waals surface area contributed by atoms with Crippen molar-refractivity contribution in [1.82, 2.24) is 5.32 Å². The van der Waals surface area contributed by atoms with Crippen LogP contribution in [-0.2, 0) is 4.79 Å². The average Bonchev–Trinajstić information content (AvgIpc) is 2.79. The van der Waals surface area contributed by atoms with E-state index in [4.69, 9.17) is 0 Å². The molecule has 3 heteroatoms. The fourth-order valence-corrected chi connectivity index (χ4v) is 2.79. The van der Waals surface area contributed by atoms with Crippen LogP contribution in [0, 0.1) is 5.41 Å². The minimum Gasteiger partial charge on any atom is -0.478 e. The first-order chi connectivity index (χ1) is 9.10. The van der Waals surface area contributed by atoms with Crippen LogP contribution in [0.5, 0.6) is 0 Å². The van der Waals surface area contributed by atoms with Gasteiger partial charge < -0.3 is 10.4 Å². The molecule has 0 bridgehead atoms. The van der Waals surface area contributed by atoms with E-state index in [0.29, 0.717) is 5.57 Å². The molecule has 0 fully saturated rings. The van der Waals surface area contributed by atoms with Crippen molar-refractivity contribution in [3.63, 3.8) is 0 Å². The Balaban J connectivity index is 2.13. The van der Waals surface area contributed by atoms with Crippen molar-refractivity contribution >= 4 is 11.5 Å². The molecule has 19 heavy (non-hydrogen) atoms. The summed E-state index contributed by atoms with van der Waals surface area (Å²) in [4.78, 5) is 11.4. The molecule has 96 valence electrons. The van der Waals surface area contributed by atoms with Crippen molar-refractivity contribution in [1.29, 1.82) is 0 Å². The Kier molecular flexibility index (Phi) is 2.56. The molecule has 0 saturated carbocycles. The molecule has 1 atom stereocenters. The second kappa shape index (κ2) is 4.12. The number of carbonyl (C=O) groups is 1. The number of carboxylic acid groups (broad SMARTS) is 1. The summed E-state index contributed by atoms with van der Waals surface area (Å²) < 4.78 is 0. The standard InChI is InChI=1S/C16H15NO2/c1-16-7-8-17-14(16)13(15(18)19)9-12(10-16)11-5-3-2-4-6-11/h2-9,17H,10H2,1H3,(H,18,19). The van der Waals surface area contributed by atoms with E-state index in [1.54, 1.807) is 6.08 Å². The number of hydrogen-bond donors (Lipinski definition) is 2. The first-order valence-electron chi connectivity index (χ1n) is 6.28. The van der Waals surface area contributed by atoms with Crippen LogP contribution in [0.4, 0.5) is 0 Å². The lowest BCUT2D eigenvalue weighted by Crippen LogP contribution is -2.26. The number of nitrogens with one attached hydrogen (secondary N) is 1. The van der Waals surface area contributed by atoms with Crippen LogP contribution in [0.25, 0.3) is 5.57 Å². The second-order valence-corrected chi connectivity index (χ2v) is 5.20. The van der Waals surface area contributed by atoms with Gasteiger partial charge in [-0.2, -0.15) is 0 Å². The minimum absolute atomic E-state index is 0.242. The topological polar surface area (TPSA) is 49.3 Å². The van der Waals surface area contributed by atoms with Crippen LogP contribution in [-0.4, -0.2) is 11.1 Å². The third kappa shape index (κ3) is 1.87. The Labute approximate surface area is 112 Å². The number of aliphatic carboxylic acids is 1. The number of allylic oxidation sites excluding steroid dienone is 2. The lowest BCUT2D eigenvalue weighted by atomic mass is 9.74. The van der Waals surface area contributed by atoms with Crippen molar-refractivity contribution in [2.75, 3.05) is 0 Å². The van der Waals surface area contributed by atoms with Gasteiger partial charge in [0, 0.05) is 11.1 Å². The zero-order chi connectivity index (χ0) is 13.5. The molecule has 0 amide bonds. The molecule has 0 spiro atoms. The van der Waals surface area contributed by atoms with E-state index in [0.717, 1.165) is 23.3 Å². The van der Waals surface area contributed by atoms with Crippen molar-refractivity contribution in [3.8, 4) is 0 Å². The first kappa shape index (κ1) is 11.8. The molecule has 0 saturated heterocycles. The van der Waals surface area contributed by atoms with Crippen molar-refractivity contribution in [2.45, 2.75) is 13.3 Å². The van der Waals surface area contributed by atoms with Gasteiger partial charge in [0.25, 0.3) is 0 Å². The maximum Gasteiger partial charge on any atom is 0.337 e. The molecule has 3 nitrogen and oxygen atoms in total. The molecule has 0 aromatic heterocycles. The van der Waals surface area contributed by atoms with Crippen LogP contribution in [0.3, 0.4) is 0 Å². The van der Waals surface area contributed by atoms with Gasteiger partial charge in [-0.3, -0.25) is 0 Å². The van der Waals surface area contributed by atoms with E-state index in [9.17, 15) is 9.90 Å². The zero-order valence-electron chi connectivity index (χ0n) is 10.7. The van der Waals surface area contributed by atoms with Gasteiger partial charge in [0.05, 0.1) is 5.57 Å². The molecule has 0 radical (unpaired) electrons. The number of hydrogen-bond acceptors (Lipinski definition) is 2. The summed E-state index contributed by atoms with van der Waals surface area (Å²) in [5.74, 6) is -0.884. The van der Waals surface area contributed by atoms with Gasteiger partial charge >= 0.3 is 5.97 Å². The summed E-state index contributed by atoms with van der Waals surface area (Å²) in [5, 5.41) is 12.5. The lowest BCUT2D eigenvalue weighted by molar-refractivity contribution is -0.132. The van der Waals surface area contributed by atoms with E-state index in [2.05, 4.69) is 12.2 Å². The molecule has 2 N–H and O–H groups in total. The van der Waals surface area contributed by atoms with Gasteiger partial charge in [0.1, 0.15) is 0 Å². The Morgan fingerprint density at radius 3 is 2.74 bits per heavy atom. The summed E-state index contributed by atoms with van der Waals surface area (Å²) in [6, 6.07) is 9.95. The summed E-state index contributed by atoms with van der Waals surface area (Å²) in [6.07, 6.45) is 6.47. The third-order valence-electron chi connectivity index (χ3n) is 3.77. The fraction of sp³-hybridized carbons (Fsp3) is 0.188. The van der Waals surface area contributed by atoms with Crippen LogP contribution < -0.4 is 5.32 Å². The quantitative estimate of drug-likeness (QED) is 0.852. The van der Waals surface area contributed by atoms with Crippen molar-refractivity contribution in [2.24, 2.45) is 5.41 Å². The predicted octanol–water partition coefficient (Wildman–Crippen LogP) is 2.94. The monoisotopic (exact) mass is 253 g/mol. The lowest BCUT2D eigenvalue weighted by Gasteiger charge is -2.30. The van der Waals surface area contributed by atoms with Gasteiger partial charge in [0.2, 0.25) is 0 Å². The van der Waals surface area contributed by atoms with Crippen LogP contribution in [0.1, 0.15) is 18.9 Å². The highest BCUT2D eigenvalue weighted by atomic mass is 16.4. The Morgan fingerprint density at radius 1 is 1.32 bits per heavy atom. The number of rotatable bonds is 2. The van der Waals surface area contributed by atoms with Crippen molar-refractivity contribution < 1.29 is 9.90 Å². The molecule has 3 rings (SSSR count). The predicted molar refractivity (Wildman–Crippen MR) is 74.1 cm³/mol. The summed E-state index contributed by atoms with van der Waals surface area (Å²) >= 11 is 0. The average molecular weight is 253 g/mol. The maximum atomic E-state index is 11.4. The highest BCUT2D eigenvalue weighted by Crippen LogP contribution is 2.45. The minimum atomic E-state index is -0.884. The molecule has 1 aromatic rings. The van der Waals surface area contributed by atoms with Crippen molar-refractivity contribution in [3.05, 3.63) is 65.5 Å². The normalized spacial score (nSPS) is 24.8. The smallest absolute Gasteiger partial charge is 0.337 e. The molecule has 1 aliphatic heterocycles. The van der Waals surface area contributed by atoms with Gasteiger partial charge in [-0.1, -0.05) is 43.3 Å². The Hall–Kier alpha value is -2.29. The van der Waals surface area contributed by atoms with Crippen LogP contribution >= 0.6 is 0 Å². The molecule has 1 aromatic carbocycles. The number of fused-ring (bicyclic) bond motifs is 1. The fourth-order valence-electron chi connectivity index (χ4n) is 2.79. The van der Waals surface area contributed by atoms with E-state index >= 15 is 0 Å². The van der Waals surface area contributed by atoms with E-state index in [1.165, 1.54) is 0 Å². The summed E-state index contributed by atoms with van der Waals surface area (Å²) in [7, 11) is 0. The zero-order valence-corrected chi connectivity index (χ0v) is 10.7. The summed E-state index contributed by atoms with van der Waals surface area (Å²) in [5.41, 5.74) is 3.06. The van der Waals surface area contributed by atoms with Gasteiger partial charge in [-0.15, -0.1) is 0 Å². The molecular formula is C16H15NO2. The second-order valence-electron chi connectivity index (χ2n) is 5.20. The van der Waals surface area contributed by atoms with E-state index in [-0.39, 0.29) is 5.41 Å². The van der Waals surface area contributed by atoms with Crippen LogP contribution in [0.2, 0.25) is 0 Å². The molecular weight excluding hydrogens is 238 g/mol. The van der Waals surface area contributed by atoms with Crippen LogP contribution in [0.15, 0.2) is 60.0 Å². The highest BCUT2D eigenvalue weighted by molar-refractivity contribution is 5.95. The molecule has 1 unspecified atom stereocenters. The van der Waals surface area contributed by atoms with E-state index < -0.39 is 5.97 Å². The Bertz CT molecular complexity index is 625. The van der Waals surface area contributed by atoms with Gasteiger partial charge in [0.15, 0.2) is 0 Å². The first-order valence-corrected chi connectivity index (χ1v) is 6.28. The van der Waals surface area contributed by atoms with Gasteiger partial charge in [-0.25, -0.2) is 4.79 Å². The SMILES string of the molecule is CC12C=CNC1=C(C(=O)O)C=C(c1ccccc1)C2. The third-order valence-corrected chi connectivity index (χ3v) is 3.77. The van der Waals surface area contributed by atoms with Gasteiger partial charge in [-0.05, 0) is 29.8 Å². The largest absolute Gasteiger partial charge is 0.478 e. The Morgan fingerprint density at radius 2 is 2.05 bits per heavy atom. The van der Waals surface area contributed by atoms with E-state index in [1.807, 2.05) is 42.6 Å². The highest BCUT2D eigenvalue weighted by Gasteiger charge is 2.37. The number of carboxylic acids is 1. The number of benzene rings is 1. The maximum absolute atomic E-state index is 11.4. The molecule has 1 aliphatic carbocycles. The molecule has 2 aliphatic rings. The molecule has 1 heterocycles.